The molecule has 2 fully saturated rings. The number of piperazine rings is 1. The summed E-state index contributed by atoms with van der Waals surface area (Å²) >= 11 is 0. The van der Waals surface area contributed by atoms with Crippen molar-refractivity contribution in [3.05, 3.63) is 0 Å². The average Bonchev–Trinajstić information content (AvgIpc) is 3.29. The van der Waals surface area contributed by atoms with Gasteiger partial charge in [0.05, 0.1) is 6.04 Å². The van der Waals surface area contributed by atoms with Gasteiger partial charge in [-0.05, 0) is 5.92 Å². The molecule has 128 valence electrons. The van der Waals surface area contributed by atoms with Gasteiger partial charge >= 0.3 is 12.0 Å². The van der Waals surface area contributed by atoms with E-state index in [-0.39, 0.29) is 37.5 Å². The summed E-state index contributed by atoms with van der Waals surface area (Å²) in [5.74, 6) is -2.05. The Morgan fingerprint density at radius 3 is 2.35 bits per heavy atom. The van der Waals surface area contributed by atoms with Crippen LogP contribution in [-0.4, -0.2) is 88.9 Å². The molecule has 2 atom stereocenters. The van der Waals surface area contributed by atoms with Gasteiger partial charge < -0.3 is 20.2 Å². The summed E-state index contributed by atoms with van der Waals surface area (Å²) in [6.45, 7) is 4.13. The van der Waals surface area contributed by atoms with E-state index in [0.29, 0.717) is 6.54 Å². The number of nitrogens with zero attached hydrogens (tertiary/aromatic N) is 3. The lowest BCUT2D eigenvalue weighted by Gasteiger charge is -2.37. The van der Waals surface area contributed by atoms with E-state index in [9.17, 15) is 24.3 Å². The lowest BCUT2D eigenvalue weighted by atomic mass is 10.0. The highest BCUT2D eigenvalue weighted by molar-refractivity contribution is 6.01. The zero-order valence-corrected chi connectivity index (χ0v) is 13.5. The number of nitrogens with one attached hydrogen (secondary N) is 1. The molecule has 9 nitrogen and oxygen atoms in total. The van der Waals surface area contributed by atoms with E-state index in [2.05, 4.69) is 5.32 Å². The fourth-order valence-corrected chi connectivity index (χ4v) is 2.73. The standard InChI is InChI=1S/C14H22N4O5/c1-8(2)11(13(21)22)16(3)14(23)17-4-5-18(10(19)7-17)12(20)9-6-15-9/h8-9,11,15H,4-7H2,1-3H3,(H,21,22)/t9-,11+/m1/s1. The highest BCUT2D eigenvalue weighted by Crippen LogP contribution is 2.15. The van der Waals surface area contributed by atoms with Crippen molar-refractivity contribution < 1.29 is 24.3 Å². The van der Waals surface area contributed by atoms with Crippen LogP contribution in [0, 0.1) is 5.92 Å². The van der Waals surface area contributed by atoms with Crippen molar-refractivity contribution in [1.82, 2.24) is 20.0 Å². The van der Waals surface area contributed by atoms with Gasteiger partial charge in [-0.1, -0.05) is 13.8 Å². The lowest BCUT2D eigenvalue weighted by molar-refractivity contribution is -0.147. The van der Waals surface area contributed by atoms with Crippen molar-refractivity contribution in [2.24, 2.45) is 5.92 Å². The summed E-state index contributed by atoms with van der Waals surface area (Å²) in [6, 6.07) is -1.77. The molecule has 0 aliphatic carbocycles. The van der Waals surface area contributed by atoms with E-state index in [1.807, 2.05) is 0 Å². The van der Waals surface area contributed by atoms with Gasteiger partial charge in [0.25, 0.3) is 0 Å². The Morgan fingerprint density at radius 1 is 1.30 bits per heavy atom. The van der Waals surface area contributed by atoms with E-state index in [1.165, 1.54) is 11.9 Å². The summed E-state index contributed by atoms with van der Waals surface area (Å²) in [4.78, 5) is 51.3. The number of carbonyl (C=O) groups excluding carboxylic acids is 3. The largest absolute Gasteiger partial charge is 0.480 e. The topological polar surface area (TPSA) is 120 Å². The molecule has 0 spiro atoms. The zero-order valence-electron chi connectivity index (χ0n) is 13.5. The minimum absolute atomic E-state index is 0.134. The van der Waals surface area contributed by atoms with Crippen LogP contribution in [-0.2, 0) is 14.4 Å². The third-order valence-corrected chi connectivity index (χ3v) is 4.07. The molecule has 2 rings (SSSR count). The first-order valence-electron chi connectivity index (χ1n) is 7.56. The van der Waals surface area contributed by atoms with E-state index < -0.39 is 23.9 Å². The molecule has 0 saturated carbocycles. The second-order valence-corrected chi connectivity index (χ2v) is 6.19. The molecule has 2 N–H and O–H groups in total. The van der Waals surface area contributed by atoms with Crippen LogP contribution in [0.5, 0.6) is 0 Å². The molecule has 0 unspecified atom stereocenters. The molecule has 0 bridgehead atoms. The van der Waals surface area contributed by atoms with Gasteiger partial charge in [-0.15, -0.1) is 0 Å². The molecule has 2 aliphatic heterocycles. The molecule has 0 aromatic carbocycles. The van der Waals surface area contributed by atoms with Crippen LogP contribution in [0.3, 0.4) is 0 Å². The molecule has 4 amide bonds. The number of hydrogen-bond acceptors (Lipinski definition) is 5. The van der Waals surface area contributed by atoms with Crippen molar-refractivity contribution in [1.29, 1.82) is 0 Å². The maximum absolute atomic E-state index is 12.4. The Hall–Kier alpha value is -2.16. The summed E-state index contributed by atoms with van der Waals surface area (Å²) < 4.78 is 0. The summed E-state index contributed by atoms with van der Waals surface area (Å²) in [6.07, 6.45) is 0. The number of carbonyl (C=O) groups is 4. The summed E-state index contributed by atoms with van der Waals surface area (Å²) in [7, 11) is 1.41. The second-order valence-electron chi connectivity index (χ2n) is 6.19. The fraction of sp³-hybridized carbons (Fsp3) is 0.714. The number of carboxylic acid groups (broad SMARTS) is 1. The molecular weight excluding hydrogens is 304 g/mol. The highest BCUT2D eigenvalue weighted by Gasteiger charge is 2.40. The lowest BCUT2D eigenvalue weighted by Crippen LogP contribution is -2.59. The minimum atomic E-state index is -1.09. The van der Waals surface area contributed by atoms with E-state index >= 15 is 0 Å². The smallest absolute Gasteiger partial charge is 0.326 e. The molecule has 2 heterocycles. The van der Waals surface area contributed by atoms with Crippen LogP contribution in [0.4, 0.5) is 4.79 Å². The summed E-state index contributed by atoms with van der Waals surface area (Å²) in [5.41, 5.74) is 0. The first-order chi connectivity index (χ1) is 10.7. The van der Waals surface area contributed by atoms with E-state index in [4.69, 9.17) is 0 Å². The minimum Gasteiger partial charge on any atom is -0.480 e. The molecule has 0 aromatic heterocycles. The van der Waals surface area contributed by atoms with Crippen LogP contribution in [0.15, 0.2) is 0 Å². The Bertz CT molecular complexity index is 531. The van der Waals surface area contributed by atoms with Gasteiger partial charge in [0, 0.05) is 26.7 Å². The second kappa shape index (κ2) is 6.53. The van der Waals surface area contributed by atoms with Crippen molar-refractivity contribution in [2.75, 3.05) is 33.2 Å². The van der Waals surface area contributed by atoms with Crippen LogP contribution in [0.25, 0.3) is 0 Å². The molecule has 0 aromatic rings. The monoisotopic (exact) mass is 326 g/mol. The van der Waals surface area contributed by atoms with Crippen molar-refractivity contribution in [3.63, 3.8) is 0 Å². The van der Waals surface area contributed by atoms with Crippen LogP contribution < -0.4 is 5.32 Å². The molecular formula is C14H22N4O5. The van der Waals surface area contributed by atoms with Gasteiger partial charge in [0.2, 0.25) is 11.8 Å². The first-order valence-corrected chi connectivity index (χ1v) is 7.56. The quantitative estimate of drug-likeness (QED) is 0.494. The predicted octanol–water partition coefficient (Wildman–Crippen LogP) is -1.21. The Balaban J connectivity index is 2.00. The highest BCUT2D eigenvalue weighted by atomic mass is 16.4. The molecule has 2 aliphatic rings. The maximum Gasteiger partial charge on any atom is 0.326 e. The number of carboxylic acids is 1. The van der Waals surface area contributed by atoms with Gasteiger partial charge in [0.15, 0.2) is 0 Å². The van der Waals surface area contributed by atoms with Gasteiger partial charge in [0.1, 0.15) is 12.6 Å². The van der Waals surface area contributed by atoms with E-state index in [0.717, 1.165) is 9.80 Å². The molecule has 2 saturated heterocycles. The Morgan fingerprint density at radius 2 is 1.91 bits per heavy atom. The number of hydrogen-bond donors (Lipinski definition) is 2. The van der Waals surface area contributed by atoms with Gasteiger partial charge in [-0.3, -0.25) is 14.5 Å². The fourth-order valence-electron chi connectivity index (χ4n) is 2.73. The SMILES string of the molecule is CC(C)[C@@H](C(=O)O)N(C)C(=O)N1CCN(C(=O)[C@H]2CN2)C(=O)C1. The molecule has 23 heavy (non-hydrogen) atoms. The van der Waals surface area contributed by atoms with Crippen molar-refractivity contribution in [2.45, 2.75) is 25.9 Å². The molecule has 9 heteroatoms. The predicted molar refractivity (Wildman–Crippen MR) is 79.5 cm³/mol. The number of likely N-dealkylation sites (N-methyl/N-ethyl adjacent to an activating group) is 1. The van der Waals surface area contributed by atoms with Gasteiger partial charge in [-0.2, -0.15) is 0 Å². The number of aliphatic carboxylic acids is 1. The molecule has 0 radical (unpaired) electrons. The van der Waals surface area contributed by atoms with Gasteiger partial charge in [-0.25, -0.2) is 9.59 Å². The third kappa shape index (κ3) is 3.61. The number of urea groups is 1. The Labute approximate surface area is 134 Å². The number of amides is 4. The van der Waals surface area contributed by atoms with Crippen molar-refractivity contribution >= 4 is 23.8 Å². The number of rotatable bonds is 4. The number of imide groups is 1. The zero-order chi connectivity index (χ0) is 17.3. The van der Waals surface area contributed by atoms with Crippen LogP contribution >= 0.6 is 0 Å². The van der Waals surface area contributed by atoms with Crippen molar-refractivity contribution in [3.8, 4) is 0 Å². The average molecular weight is 326 g/mol. The van der Waals surface area contributed by atoms with Crippen LogP contribution in [0.1, 0.15) is 13.8 Å². The normalized spacial score (nSPS) is 22.1. The summed E-state index contributed by atoms with van der Waals surface area (Å²) in [5, 5.41) is 12.1. The maximum atomic E-state index is 12.4. The Kier molecular flexibility index (Phi) is 4.88. The van der Waals surface area contributed by atoms with E-state index in [1.54, 1.807) is 13.8 Å². The first kappa shape index (κ1) is 17.2. The van der Waals surface area contributed by atoms with Crippen LogP contribution in [0.2, 0.25) is 0 Å². The third-order valence-electron chi connectivity index (χ3n) is 4.07.